The maximum atomic E-state index is 12.4. The summed E-state index contributed by atoms with van der Waals surface area (Å²) < 4.78 is 0. The van der Waals surface area contributed by atoms with Gasteiger partial charge in [0.25, 0.3) is 0 Å². The second kappa shape index (κ2) is 5.67. The van der Waals surface area contributed by atoms with Crippen LogP contribution in [-0.2, 0) is 4.79 Å². The van der Waals surface area contributed by atoms with Crippen LogP contribution in [-0.4, -0.2) is 36.5 Å². The van der Waals surface area contributed by atoms with Crippen LogP contribution in [0.1, 0.15) is 45.4 Å². The maximum absolute atomic E-state index is 12.4. The summed E-state index contributed by atoms with van der Waals surface area (Å²) in [6, 6.07) is 0.584. The van der Waals surface area contributed by atoms with Gasteiger partial charge in [0.1, 0.15) is 0 Å². The summed E-state index contributed by atoms with van der Waals surface area (Å²) in [6.45, 7) is 5.16. The van der Waals surface area contributed by atoms with E-state index in [2.05, 4.69) is 17.1 Å². The minimum atomic E-state index is 0.256. The Balaban J connectivity index is 1.87. The molecule has 1 amide bonds. The van der Waals surface area contributed by atoms with Crippen molar-refractivity contribution in [2.24, 2.45) is 5.92 Å². The van der Waals surface area contributed by atoms with E-state index in [0.29, 0.717) is 11.9 Å². The minimum Gasteiger partial charge on any atom is -0.339 e. The Kier molecular flexibility index (Phi) is 4.22. The van der Waals surface area contributed by atoms with Crippen molar-refractivity contribution in [3.63, 3.8) is 0 Å². The molecule has 3 nitrogen and oxygen atoms in total. The average molecular weight is 224 g/mol. The van der Waals surface area contributed by atoms with Crippen molar-refractivity contribution in [1.29, 1.82) is 0 Å². The first-order valence-electron chi connectivity index (χ1n) is 6.84. The molecule has 1 atom stereocenters. The summed E-state index contributed by atoms with van der Waals surface area (Å²) in [5, 5.41) is 3.34. The lowest BCUT2D eigenvalue weighted by molar-refractivity contribution is -0.136. The van der Waals surface area contributed by atoms with E-state index in [0.717, 1.165) is 38.9 Å². The van der Waals surface area contributed by atoms with Crippen molar-refractivity contribution in [3.05, 3.63) is 0 Å². The summed E-state index contributed by atoms with van der Waals surface area (Å²) in [5.41, 5.74) is 0. The largest absolute Gasteiger partial charge is 0.339 e. The molecule has 2 aliphatic rings. The third-order valence-electron chi connectivity index (χ3n) is 3.67. The molecule has 1 aliphatic carbocycles. The van der Waals surface area contributed by atoms with Gasteiger partial charge in [-0.1, -0.05) is 13.3 Å². The highest BCUT2D eigenvalue weighted by atomic mass is 16.2. The lowest BCUT2D eigenvalue weighted by Crippen LogP contribution is -2.44. The Hall–Kier alpha value is -0.570. The topological polar surface area (TPSA) is 32.3 Å². The van der Waals surface area contributed by atoms with Crippen molar-refractivity contribution < 1.29 is 4.79 Å². The molecule has 2 rings (SSSR count). The van der Waals surface area contributed by atoms with Crippen LogP contribution in [0.2, 0.25) is 0 Å². The Morgan fingerprint density at radius 1 is 1.38 bits per heavy atom. The number of unbranched alkanes of at least 4 members (excludes halogenated alkanes) is 1. The number of carbonyl (C=O) groups excluding carboxylic acids is 1. The van der Waals surface area contributed by atoms with Crippen LogP contribution in [0.5, 0.6) is 0 Å². The standard InChI is InChI=1S/C13H24N2O/c1-2-3-9-15(12-6-7-12)13(16)11-5-4-8-14-10-11/h11-12,14H,2-10H2,1H3/t11-/m0/s1. The third kappa shape index (κ3) is 2.97. The van der Waals surface area contributed by atoms with Crippen molar-refractivity contribution in [1.82, 2.24) is 10.2 Å². The number of hydrogen-bond acceptors (Lipinski definition) is 2. The molecule has 0 aromatic heterocycles. The van der Waals surface area contributed by atoms with E-state index in [1.165, 1.54) is 19.3 Å². The molecule has 0 aromatic carbocycles. The first-order valence-corrected chi connectivity index (χ1v) is 6.84. The average Bonchev–Trinajstić information content (AvgIpc) is 3.15. The number of rotatable bonds is 5. The van der Waals surface area contributed by atoms with Gasteiger partial charge < -0.3 is 10.2 Å². The highest BCUT2D eigenvalue weighted by Gasteiger charge is 2.35. The highest BCUT2D eigenvalue weighted by molar-refractivity contribution is 5.79. The van der Waals surface area contributed by atoms with Gasteiger partial charge in [0, 0.05) is 19.1 Å². The number of piperidine rings is 1. The summed E-state index contributed by atoms with van der Waals surface area (Å²) in [5.74, 6) is 0.675. The van der Waals surface area contributed by atoms with Crippen LogP contribution in [0.15, 0.2) is 0 Å². The molecular formula is C13H24N2O. The van der Waals surface area contributed by atoms with Crippen LogP contribution < -0.4 is 5.32 Å². The Labute approximate surface area is 98.6 Å². The van der Waals surface area contributed by atoms with Gasteiger partial charge in [0.2, 0.25) is 5.91 Å². The second-order valence-electron chi connectivity index (χ2n) is 5.16. The summed E-state index contributed by atoms with van der Waals surface area (Å²) in [4.78, 5) is 14.5. The van der Waals surface area contributed by atoms with Crippen LogP contribution in [0.4, 0.5) is 0 Å². The fraction of sp³-hybridized carbons (Fsp3) is 0.923. The van der Waals surface area contributed by atoms with Crippen LogP contribution >= 0.6 is 0 Å². The van der Waals surface area contributed by atoms with E-state index in [-0.39, 0.29) is 5.92 Å². The minimum absolute atomic E-state index is 0.256. The van der Waals surface area contributed by atoms with E-state index in [1.54, 1.807) is 0 Å². The molecule has 16 heavy (non-hydrogen) atoms. The molecule has 0 spiro atoms. The van der Waals surface area contributed by atoms with E-state index in [9.17, 15) is 4.79 Å². The number of amides is 1. The van der Waals surface area contributed by atoms with E-state index >= 15 is 0 Å². The zero-order valence-corrected chi connectivity index (χ0v) is 10.4. The van der Waals surface area contributed by atoms with Gasteiger partial charge in [-0.25, -0.2) is 0 Å². The molecule has 0 aromatic rings. The second-order valence-corrected chi connectivity index (χ2v) is 5.16. The van der Waals surface area contributed by atoms with Crippen LogP contribution in [0.3, 0.4) is 0 Å². The van der Waals surface area contributed by atoms with Gasteiger partial charge in [-0.3, -0.25) is 4.79 Å². The molecule has 2 fully saturated rings. The molecule has 1 heterocycles. The van der Waals surface area contributed by atoms with Gasteiger partial charge >= 0.3 is 0 Å². The normalized spacial score (nSPS) is 25.4. The molecule has 1 saturated carbocycles. The molecule has 1 saturated heterocycles. The van der Waals surface area contributed by atoms with Gasteiger partial charge in [-0.15, -0.1) is 0 Å². The predicted octanol–water partition coefficient (Wildman–Crippen LogP) is 1.78. The highest BCUT2D eigenvalue weighted by Crippen LogP contribution is 2.29. The summed E-state index contributed by atoms with van der Waals surface area (Å²) >= 11 is 0. The quantitative estimate of drug-likeness (QED) is 0.772. The SMILES string of the molecule is CCCCN(C(=O)[C@H]1CCCNC1)C1CC1. The smallest absolute Gasteiger partial charge is 0.227 e. The molecule has 0 bridgehead atoms. The van der Waals surface area contributed by atoms with E-state index in [1.807, 2.05) is 0 Å². The molecule has 92 valence electrons. The predicted molar refractivity (Wildman–Crippen MR) is 65.2 cm³/mol. The maximum Gasteiger partial charge on any atom is 0.227 e. The third-order valence-corrected chi connectivity index (χ3v) is 3.67. The lowest BCUT2D eigenvalue weighted by atomic mass is 9.98. The van der Waals surface area contributed by atoms with Gasteiger partial charge in [-0.05, 0) is 38.6 Å². The Morgan fingerprint density at radius 3 is 2.75 bits per heavy atom. The lowest BCUT2D eigenvalue weighted by Gasteiger charge is -2.29. The molecule has 0 unspecified atom stereocenters. The van der Waals surface area contributed by atoms with E-state index in [4.69, 9.17) is 0 Å². The number of carbonyl (C=O) groups is 1. The van der Waals surface area contributed by atoms with Crippen molar-refractivity contribution in [2.45, 2.75) is 51.5 Å². The molecule has 1 N–H and O–H groups in total. The van der Waals surface area contributed by atoms with Crippen LogP contribution in [0.25, 0.3) is 0 Å². The Bertz CT molecular complexity index is 232. The van der Waals surface area contributed by atoms with Crippen molar-refractivity contribution in [3.8, 4) is 0 Å². The van der Waals surface area contributed by atoms with Gasteiger partial charge in [0.15, 0.2) is 0 Å². The van der Waals surface area contributed by atoms with Crippen LogP contribution in [0, 0.1) is 5.92 Å². The van der Waals surface area contributed by atoms with Crippen molar-refractivity contribution in [2.75, 3.05) is 19.6 Å². The number of nitrogens with one attached hydrogen (secondary N) is 1. The molecule has 3 heteroatoms. The first-order chi connectivity index (χ1) is 7.83. The zero-order chi connectivity index (χ0) is 11.4. The molecule has 1 aliphatic heterocycles. The molecular weight excluding hydrogens is 200 g/mol. The molecule has 0 radical (unpaired) electrons. The van der Waals surface area contributed by atoms with E-state index < -0.39 is 0 Å². The summed E-state index contributed by atoms with van der Waals surface area (Å²) in [6.07, 6.45) is 7.04. The number of nitrogens with zero attached hydrogens (tertiary/aromatic N) is 1. The van der Waals surface area contributed by atoms with Crippen molar-refractivity contribution >= 4 is 5.91 Å². The zero-order valence-electron chi connectivity index (χ0n) is 10.4. The van der Waals surface area contributed by atoms with Gasteiger partial charge in [-0.2, -0.15) is 0 Å². The Morgan fingerprint density at radius 2 is 2.19 bits per heavy atom. The monoisotopic (exact) mass is 224 g/mol. The number of hydrogen-bond donors (Lipinski definition) is 1. The van der Waals surface area contributed by atoms with Gasteiger partial charge in [0.05, 0.1) is 5.92 Å². The fourth-order valence-corrected chi connectivity index (χ4v) is 2.48. The summed E-state index contributed by atoms with van der Waals surface area (Å²) in [7, 11) is 0. The fourth-order valence-electron chi connectivity index (χ4n) is 2.48. The first kappa shape index (κ1) is 11.9.